The Balaban J connectivity index is 2.59. The van der Waals surface area contributed by atoms with Crippen LogP contribution >= 0.6 is 0 Å². The van der Waals surface area contributed by atoms with E-state index in [1.54, 1.807) is 0 Å². The molecule has 4 heteroatoms. The zero-order valence-corrected chi connectivity index (χ0v) is 13.5. The van der Waals surface area contributed by atoms with E-state index in [0.717, 1.165) is 24.6 Å². The Labute approximate surface area is 128 Å². The Hall–Kier alpha value is -1.55. The number of hydrogen-bond acceptors (Lipinski definition) is 3. The van der Waals surface area contributed by atoms with Gasteiger partial charge < -0.3 is 15.8 Å². The number of unbranched alkanes of at least 4 members (excludes halogenated alkanes) is 1. The second-order valence-electron chi connectivity index (χ2n) is 5.80. The topological polar surface area (TPSA) is 61.8 Å². The number of amidine groups is 1. The van der Waals surface area contributed by atoms with Crippen molar-refractivity contribution in [3.05, 3.63) is 35.4 Å². The molecule has 1 atom stereocenters. The lowest BCUT2D eigenvalue weighted by Gasteiger charge is -2.23. The van der Waals surface area contributed by atoms with Crippen molar-refractivity contribution in [2.75, 3.05) is 13.6 Å². The predicted molar refractivity (Wildman–Crippen MR) is 88.6 cm³/mol. The molecule has 0 heterocycles. The standard InChI is InChI=1S/C17H29N3O/c1-4-6-8-14(5-2)12-20(3)13-15-9-7-10-16(11-15)17(18)19-21/h7,9-11,14,21H,4-6,8,12-13H2,1-3H3,(H2,18,19). The van der Waals surface area contributed by atoms with Gasteiger partial charge >= 0.3 is 0 Å². The van der Waals surface area contributed by atoms with Crippen LogP contribution < -0.4 is 5.73 Å². The summed E-state index contributed by atoms with van der Waals surface area (Å²) in [6.07, 6.45) is 5.11. The molecule has 1 aromatic carbocycles. The van der Waals surface area contributed by atoms with E-state index in [9.17, 15) is 0 Å². The molecule has 3 N–H and O–H groups in total. The van der Waals surface area contributed by atoms with Crippen molar-refractivity contribution >= 4 is 5.84 Å². The van der Waals surface area contributed by atoms with E-state index in [1.165, 1.54) is 31.2 Å². The average molecular weight is 291 g/mol. The molecule has 0 aliphatic heterocycles. The summed E-state index contributed by atoms with van der Waals surface area (Å²) in [5.74, 6) is 0.927. The molecular weight excluding hydrogens is 262 g/mol. The van der Waals surface area contributed by atoms with Gasteiger partial charge in [-0.15, -0.1) is 0 Å². The number of nitrogens with two attached hydrogens (primary N) is 1. The highest BCUT2D eigenvalue weighted by Gasteiger charge is 2.10. The summed E-state index contributed by atoms with van der Waals surface area (Å²) in [4.78, 5) is 2.36. The number of hydrogen-bond donors (Lipinski definition) is 2. The lowest BCUT2D eigenvalue weighted by atomic mass is 9.98. The molecule has 0 aliphatic carbocycles. The maximum Gasteiger partial charge on any atom is 0.170 e. The van der Waals surface area contributed by atoms with Crippen molar-refractivity contribution in [3.8, 4) is 0 Å². The van der Waals surface area contributed by atoms with E-state index >= 15 is 0 Å². The van der Waals surface area contributed by atoms with E-state index in [-0.39, 0.29) is 5.84 Å². The lowest BCUT2D eigenvalue weighted by Crippen LogP contribution is -2.25. The van der Waals surface area contributed by atoms with Crippen LogP contribution in [-0.2, 0) is 6.54 Å². The van der Waals surface area contributed by atoms with Crippen LogP contribution in [0.15, 0.2) is 29.4 Å². The van der Waals surface area contributed by atoms with E-state index in [2.05, 4.69) is 37.0 Å². The third kappa shape index (κ3) is 6.17. The summed E-state index contributed by atoms with van der Waals surface area (Å²) < 4.78 is 0. The van der Waals surface area contributed by atoms with Crippen LogP contribution in [0.25, 0.3) is 0 Å². The minimum Gasteiger partial charge on any atom is -0.409 e. The highest BCUT2D eigenvalue weighted by atomic mass is 16.4. The molecule has 21 heavy (non-hydrogen) atoms. The van der Waals surface area contributed by atoms with Gasteiger partial charge in [0.1, 0.15) is 0 Å². The number of rotatable bonds is 9. The van der Waals surface area contributed by atoms with Crippen molar-refractivity contribution in [2.24, 2.45) is 16.8 Å². The first-order chi connectivity index (χ1) is 10.1. The van der Waals surface area contributed by atoms with Gasteiger partial charge in [-0.1, -0.05) is 56.5 Å². The van der Waals surface area contributed by atoms with Crippen LogP contribution in [0.2, 0.25) is 0 Å². The van der Waals surface area contributed by atoms with Gasteiger partial charge in [0.15, 0.2) is 5.84 Å². The van der Waals surface area contributed by atoms with Crippen LogP contribution in [0.5, 0.6) is 0 Å². The summed E-state index contributed by atoms with van der Waals surface area (Å²) in [6.45, 7) is 6.52. The molecule has 0 saturated carbocycles. The highest BCUT2D eigenvalue weighted by Crippen LogP contribution is 2.15. The molecule has 0 saturated heterocycles. The summed E-state index contributed by atoms with van der Waals surface area (Å²) in [6, 6.07) is 7.87. The normalized spacial score (nSPS) is 13.6. The number of benzene rings is 1. The third-order valence-corrected chi connectivity index (χ3v) is 3.90. The van der Waals surface area contributed by atoms with Gasteiger partial charge in [0.25, 0.3) is 0 Å². The van der Waals surface area contributed by atoms with Crippen LogP contribution in [0, 0.1) is 5.92 Å². The summed E-state index contributed by atoms with van der Waals surface area (Å²) >= 11 is 0. The van der Waals surface area contributed by atoms with Crippen molar-refractivity contribution in [1.82, 2.24) is 4.90 Å². The van der Waals surface area contributed by atoms with Crippen LogP contribution in [0.1, 0.15) is 50.7 Å². The molecule has 1 unspecified atom stereocenters. The maximum absolute atomic E-state index is 8.75. The third-order valence-electron chi connectivity index (χ3n) is 3.90. The Bertz CT molecular complexity index is 445. The minimum absolute atomic E-state index is 0.161. The summed E-state index contributed by atoms with van der Waals surface area (Å²) in [5, 5.41) is 11.8. The fourth-order valence-corrected chi connectivity index (χ4v) is 2.62. The molecule has 0 aliphatic rings. The molecule has 0 amide bonds. The molecule has 0 fully saturated rings. The molecule has 1 rings (SSSR count). The van der Waals surface area contributed by atoms with Gasteiger partial charge in [-0.3, -0.25) is 0 Å². The van der Waals surface area contributed by atoms with Crippen molar-refractivity contribution in [1.29, 1.82) is 0 Å². The first-order valence-corrected chi connectivity index (χ1v) is 7.86. The minimum atomic E-state index is 0.161. The summed E-state index contributed by atoms with van der Waals surface area (Å²) in [7, 11) is 2.16. The van der Waals surface area contributed by atoms with Gasteiger partial charge in [-0.2, -0.15) is 0 Å². The smallest absolute Gasteiger partial charge is 0.170 e. The lowest BCUT2D eigenvalue weighted by molar-refractivity contribution is 0.253. The van der Waals surface area contributed by atoms with Gasteiger partial charge in [-0.05, 0) is 31.0 Å². The quantitative estimate of drug-likeness (QED) is 0.317. The molecule has 118 valence electrons. The van der Waals surface area contributed by atoms with Crippen molar-refractivity contribution in [2.45, 2.75) is 46.1 Å². The molecule has 1 aromatic rings. The average Bonchev–Trinajstić information content (AvgIpc) is 2.50. The first-order valence-electron chi connectivity index (χ1n) is 7.86. The predicted octanol–water partition coefficient (Wildman–Crippen LogP) is 3.43. The van der Waals surface area contributed by atoms with Crippen LogP contribution in [0.4, 0.5) is 0 Å². The number of nitrogens with zero attached hydrogens (tertiary/aromatic N) is 2. The largest absolute Gasteiger partial charge is 0.409 e. The first kappa shape index (κ1) is 17.5. The number of oxime groups is 1. The SMILES string of the molecule is CCCCC(CC)CN(C)Cc1cccc(C(N)=NO)c1. The maximum atomic E-state index is 8.75. The molecule has 0 aromatic heterocycles. The second-order valence-corrected chi connectivity index (χ2v) is 5.80. The zero-order chi connectivity index (χ0) is 15.7. The van der Waals surface area contributed by atoms with E-state index < -0.39 is 0 Å². The molecule has 0 bridgehead atoms. The Morgan fingerprint density at radius 2 is 2.14 bits per heavy atom. The van der Waals surface area contributed by atoms with Crippen molar-refractivity contribution in [3.63, 3.8) is 0 Å². The zero-order valence-electron chi connectivity index (χ0n) is 13.5. The Morgan fingerprint density at radius 1 is 1.38 bits per heavy atom. The fourth-order valence-electron chi connectivity index (χ4n) is 2.62. The van der Waals surface area contributed by atoms with E-state index in [1.807, 2.05) is 18.2 Å². The van der Waals surface area contributed by atoms with Gasteiger partial charge in [0.05, 0.1) is 0 Å². The Kier molecular flexibility index (Phi) is 7.83. The second kappa shape index (κ2) is 9.40. The fraction of sp³-hybridized carbons (Fsp3) is 0.588. The van der Waals surface area contributed by atoms with Gasteiger partial charge in [0, 0.05) is 18.7 Å². The van der Waals surface area contributed by atoms with Crippen LogP contribution in [-0.4, -0.2) is 29.5 Å². The van der Waals surface area contributed by atoms with Gasteiger partial charge in [0.2, 0.25) is 0 Å². The Morgan fingerprint density at radius 3 is 2.76 bits per heavy atom. The molecule has 0 radical (unpaired) electrons. The molecule has 0 spiro atoms. The van der Waals surface area contributed by atoms with E-state index in [0.29, 0.717) is 0 Å². The molecular formula is C17H29N3O. The van der Waals surface area contributed by atoms with E-state index in [4.69, 9.17) is 10.9 Å². The molecule has 4 nitrogen and oxygen atoms in total. The van der Waals surface area contributed by atoms with Gasteiger partial charge in [-0.25, -0.2) is 0 Å². The highest BCUT2D eigenvalue weighted by molar-refractivity contribution is 5.97. The summed E-state index contributed by atoms with van der Waals surface area (Å²) in [5.41, 5.74) is 7.59. The monoisotopic (exact) mass is 291 g/mol. The van der Waals surface area contributed by atoms with Crippen LogP contribution in [0.3, 0.4) is 0 Å². The van der Waals surface area contributed by atoms with Crippen molar-refractivity contribution < 1.29 is 5.21 Å².